The summed E-state index contributed by atoms with van der Waals surface area (Å²) < 4.78 is 7.48. The maximum Gasteiger partial charge on any atom is 0.294 e. The summed E-state index contributed by atoms with van der Waals surface area (Å²) in [4.78, 5) is 23.2. The minimum absolute atomic E-state index is 0.0763. The van der Waals surface area contributed by atoms with Crippen LogP contribution in [0.1, 0.15) is 18.5 Å². The van der Waals surface area contributed by atoms with Gasteiger partial charge in [-0.3, -0.25) is 0 Å². The standard InChI is InChI=1S/C22H22N6O4/c1-16-20-21(23-15-24-22(20)27(26-16)18-7-3-2-4-8-18)25-17-9-11-19(12-10-17)31-13-5-6-14-32-28(29)30/h2-4,7-12,15H,5-6,13-14H2,1H3,(H,23,24,25). The molecule has 0 radical (unpaired) electrons. The summed E-state index contributed by atoms with van der Waals surface area (Å²) in [5, 5.41) is 18.2. The fourth-order valence-corrected chi connectivity index (χ4v) is 3.27. The molecule has 0 atom stereocenters. The lowest BCUT2D eigenvalue weighted by Crippen LogP contribution is -2.04. The lowest BCUT2D eigenvalue weighted by Gasteiger charge is -2.09. The average Bonchev–Trinajstić information content (AvgIpc) is 3.15. The monoisotopic (exact) mass is 434 g/mol. The van der Waals surface area contributed by atoms with Crippen LogP contribution in [0.5, 0.6) is 5.75 Å². The number of benzene rings is 2. The largest absolute Gasteiger partial charge is 0.494 e. The van der Waals surface area contributed by atoms with Gasteiger partial charge in [-0.05, 0) is 56.2 Å². The molecule has 0 bridgehead atoms. The predicted molar refractivity (Wildman–Crippen MR) is 119 cm³/mol. The van der Waals surface area contributed by atoms with Crippen LogP contribution in [-0.4, -0.2) is 38.0 Å². The maximum absolute atomic E-state index is 10.1. The Morgan fingerprint density at radius 3 is 2.53 bits per heavy atom. The molecule has 10 heteroatoms. The molecule has 0 saturated heterocycles. The van der Waals surface area contributed by atoms with Crippen molar-refractivity contribution < 1.29 is 14.7 Å². The van der Waals surface area contributed by atoms with Gasteiger partial charge in [0.15, 0.2) is 5.65 Å². The summed E-state index contributed by atoms with van der Waals surface area (Å²) in [6, 6.07) is 17.4. The molecule has 4 aromatic rings. The van der Waals surface area contributed by atoms with Crippen LogP contribution in [0.3, 0.4) is 0 Å². The van der Waals surface area contributed by atoms with E-state index in [1.54, 1.807) is 0 Å². The molecule has 2 aromatic carbocycles. The highest BCUT2D eigenvalue weighted by molar-refractivity contribution is 5.91. The summed E-state index contributed by atoms with van der Waals surface area (Å²) in [7, 11) is 0. The van der Waals surface area contributed by atoms with Crippen LogP contribution in [0.4, 0.5) is 11.5 Å². The molecule has 0 saturated carbocycles. The highest BCUT2D eigenvalue weighted by Gasteiger charge is 2.15. The fourth-order valence-electron chi connectivity index (χ4n) is 3.27. The molecule has 0 fully saturated rings. The van der Waals surface area contributed by atoms with Crippen molar-refractivity contribution in [1.82, 2.24) is 19.7 Å². The number of ether oxygens (including phenoxy) is 1. The number of para-hydroxylation sites is 1. The second-order valence-corrected chi connectivity index (χ2v) is 7.02. The first-order chi connectivity index (χ1) is 15.6. The SMILES string of the molecule is Cc1nn(-c2ccccc2)c2ncnc(Nc3ccc(OCCCCO[N+](=O)[O-])cc3)c12. The van der Waals surface area contributed by atoms with E-state index in [9.17, 15) is 10.1 Å². The Morgan fingerprint density at radius 1 is 1.03 bits per heavy atom. The minimum Gasteiger partial charge on any atom is -0.494 e. The Kier molecular flexibility index (Phi) is 6.40. The van der Waals surface area contributed by atoms with Gasteiger partial charge in [0.25, 0.3) is 5.09 Å². The first-order valence-corrected chi connectivity index (χ1v) is 10.1. The van der Waals surface area contributed by atoms with Crippen molar-refractivity contribution >= 4 is 22.5 Å². The van der Waals surface area contributed by atoms with E-state index >= 15 is 0 Å². The number of rotatable bonds is 10. The molecule has 0 amide bonds. The second kappa shape index (κ2) is 9.73. The van der Waals surface area contributed by atoms with Crippen molar-refractivity contribution in [3.8, 4) is 11.4 Å². The molecule has 0 aliphatic rings. The normalized spacial score (nSPS) is 10.8. The van der Waals surface area contributed by atoms with E-state index in [1.165, 1.54) is 6.33 Å². The van der Waals surface area contributed by atoms with Crippen molar-refractivity contribution in [2.24, 2.45) is 0 Å². The smallest absolute Gasteiger partial charge is 0.294 e. The summed E-state index contributed by atoms with van der Waals surface area (Å²) in [5.41, 5.74) is 3.34. The van der Waals surface area contributed by atoms with E-state index in [0.717, 1.165) is 28.1 Å². The van der Waals surface area contributed by atoms with Gasteiger partial charge < -0.3 is 14.9 Å². The molecule has 164 valence electrons. The van der Waals surface area contributed by atoms with Crippen LogP contribution in [0.25, 0.3) is 16.7 Å². The van der Waals surface area contributed by atoms with Gasteiger partial charge in [-0.15, -0.1) is 10.1 Å². The van der Waals surface area contributed by atoms with Crippen molar-refractivity contribution in [1.29, 1.82) is 0 Å². The zero-order chi connectivity index (χ0) is 22.3. The molecule has 0 aliphatic heterocycles. The van der Waals surface area contributed by atoms with E-state index in [1.807, 2.05) is 66.2 Å². The zero-order valence-electron chi connectivity index (χ0n) is 17.5. The van der Waals surface area contributed by atoms with Gasteiger partial charge in [-0.2, -0.15) is 5.10 Å². The summed E-state index contributed by atoms with van der Waals surface area (Å²) in [6.07, 6.45) is 2.74. The Balaban J connectivity index is 1.43. The van der Waals surface area contributed by atoms with Crippen LogP contribution in [0.15, 0.2) is 60.9 Å². The van der Waals surface area contributed by atoms with Gasteiger partial charge in [-0.25, -0.2) is 14.6 Å². The molecule has 0 aliphatic carbocycles. The lowest BCUT2D eigenvalue weighted by atomic mass is 10.2. The van der Waals surface area contributed by atoms with Gasteiger partial charge in [0, 0.05) is 5.69 Å². The van der Waals surface area contributed by atoms with Crippen molar-refractivity contribution in [2.75, 3.05) is 18.5 Å². The number of hydrogen-bond acceptors (Lipinski definition) is 8. The van der Waals surface area contributed by atoms with Crippen LogP contribution >= 0.6 is 0 Å². The number of hydrogen-bond donors (Lipinski definition) is 1. The number of nitrogens with zero attached hydrogens (tertiary/aromatic N) is 5. The molecule has 1 N–H and O–H groups in total. The van der Waals surface area contributed by atoms with E-state index in [-0.39, 0.29) is 6.61 Å². The molecular weight excluding hydrogens is 412 g/mol. The summed E-state index contributed by atoms with van der Waals surface area (Å²) in [6.45, 7) is 2.47. The van der Waals surface area contributed by atoms with E-state index < -0.39 is 5.09 Å². The van der Waals surface area contributed by atoms with E-state index in [0.29, 0.717) is 31.0 Å². The molecule has 32 heavy (non-hydrogen) atoms. The Morgan fingerprint density at radius 2 is 1.78 bits per heavy atom. The van der Waals surface area contributed by atoms with E-state index in [4.69, 9.17) is 4.74 Å². The first kappa shape index (κ1) is 21.0. The minimum atomic E-state index is -0.786. The first-order valence-electron chi connectivity index (χ1n) is 10.1. The number of fused-ring (bicyclic) bond motifs is 1. The molecule has 10 nitrogen and oxygen atoms in total. The third-order valence-corrected chi connectivity index (χ3v) is 4.76. The summed E-state index contributed by atoms with van der Waals surface area (Å²) in [5.74, 6) is 1.39. The molecule has 0 unspecified atom stereocenters. The zero-order valence-corrected chi connectivity index (χ0v) is 17.5. The number of aromatic nitrogens is 4. The van der Waals surface area contributed by atoms with Gasteiger partial charge in [0.2, 0.25) is 0 Å². The number of unbranched alkanes of at least 4 members (excludes halogenated alkanes) is 1. The van der Waals surface area contributed by atoms with Crippen LogP contribution in [0.2, 0.25) is 0 Å². The molecule has 4 rings (SSSR count). The van der Waals surface area contributed by atoms with Gasteiger partial charge >= 0.3 is 0 Å². The lowest BCUT2D eigenvalue weighted by molar-refractivity contribution is -0.757. The molecule has 0 spiro atoms. The van der Waals surface area contributed by atoms with Crippen molar-refractivity contribution in [3.05, 3.63) is 76.7 Å². The summed E-state index contributed by atoms with van der Waals surface area (Å²) >= 11 is 0. The third-order valence-electron chi connectivity index (χ3n) is 4.76. The predicted octanol–water partition coefficient (Wildman–Crippen LogP) is 4.23. The maximum atomic E-state index is 10.1. The van der Waals surface area contributed by atoms with Crippen LogP contribution < -0.4 is 10.1 Å². The Bertz CT molecular complexity index is 1190. The van der Waals surface area contributed by atoms with Crippen LogP contribution in [-0.2, 0) is 4.84 Å². The van der Waals surface area contributed by atoms with E-state index in [2.05, 4.69) is 25.2 Å². The second-order valence-electron chi connectivity index (χ2n) is 7.02. The molecular formula is C22H22N6O4. The van der Waals surface area contributed by atoms with Crippen molar-refractivity contribution in [2.45, 2.75) is 19.8 Å². The number of aryl methyl sites for hydroxylation is 1. The highest BCUT2D eigenvalue weighted by Crippen LogP contribution is 2.28. The Hall–Kier alpha value is -4.21. The van der Waals surface area contributed by atoms with Crippen molar-refractivity contribution in [3.63, 3.8) is 0 Å². The fraction of sp³-hybridized carbons (Fsp3) is 0.227. The quantitative estimate of drug-likeness (QED) is 0.224. The third kappa shape index (κ3) is 4.91. The average molecular weight is 434 g/mol. The highest BCUT2D eigenvalue weighted by atomic mass is 16.9. The molecule has 2 aromatic heterocycles. The Labute approximate surface area is 183 Å². The number of anilines is 2. The topological polar surface area (TPSA) is 117 Å². The number of nitrogens with one attached hydrogen (secondary N) is 1. The van der Waals surface area contributed by atoms with Crippen LogP contribution in [0, 0.1) is 17.0 Å². The van der Waals surface area contributed by atoms with Gasteiger partial charge in [0.05, 0.1) is 30.0 Å². The van der Waals surface area contributed by atoms with Gasteiger partial charge in [0.1, 0.15) is 17.9 Å². The van der Waals surface area contributed by atoms with Gasteiger partial charge in [-0.1, -0.05) is 18.2 Å². The molecule has 2 heterocycles.